The van der Waals surface area contributed by atoms with Crippen LogP contribution in [0.15, 0.2) is 65.6 Å². The molecule has 7 nitrogen and oxygen atoms in total. The molecule has 2 fully saturated rings. The van der Waals surface area contributed by atoms with E-state index in [-0.39, 0.29) is 41.4 Å². The lowest BCUT2D eigenvalue weighted by Crippen LogP contribution is -2.49. The van der Waals surface area contributed by atoms with E-state index < -0.39 is 32.6 Å². The Morgan fingerprint density at radius 2 is 1.77 bits per heavy atom. The Balaban J connectivity index is 0.000000367. The summed E-state index contributed by atoms with van der Waals surface area (Å²) in [5.74, 6) is -0.455. The number of sulfone groups is 1. The molecule has 1 unspecified atom stereocenters. The summed E-state index contributed by atoms with van der Waals surface area (Å²) in [5, 5.41) is 0. The minimum absolute atomic E-state index is 0.0238. The van der Waals surface area contributed by atoms with E-state index in [1.54, 1.807) is 37.3 Å². The van der Waals surface area contributed by atoms with Crippen LogP contribution < -0.4 is 4.74 Å². The summed E-state index contributed by atoms with van der Waals surface area (Å²) in [5.41, 5.74) is 3.09. The Morgan fingerprint density at radius 3 is 2.41 bits per heavy atom. The molecule has 2 saturated heterocycles. The SMILES string of the molecule is Cc1cc(F)cc(F)c1COc1ccc2c(c1)CC[C@H]1N(C(=O)C3CCS(=O)(=O)CC3)CC[C@@]21C.O=S([O-])c1ccccc1. The molecule has 236 valence electrons. The highest BCUT2D eigenvalue weighted by Gasteiger charge is 2.50. The Hall–Kier alpha value is -3.15. The molecule has 0 bridgehead atoms. The van der Waals surface area contributed by atoms with Crippen LogP contribution in [0.4, 0.5) is 8.78 Å². The molecule has 2 heterocycles. The van der Waals surface area contributed by atoms with Crippen molar-refractivity contribution in [1.29, 1.82) is 0 Å². The zero-order chi connectivity index (χ0) is 31.6. The van der Waals surface area contributed by atoms with Gasteiger partial charge in [0.05, 0.1) is 11.5 Å². The number of hydrogen-bond acceptors (Lipinski definition) is 6. The molecule has 0 N–H and O–H groups in total. The number of amides is 1. The van der Waals surface area contributed by atoms with E-state index in [4.69, 9.17) is 4.74 Å². The fraction of sp³-hybridized carbons (Fsp3) is 0.424. The van der Waals surface area contributed by atoms with Gasteiger partial charge in [0.1, 0.15) is 33.8 Å². The van der Waals surface area contributed by atoms with Crippen LogP contribution in [0.2, 0.25) is 0 Å². The van der Waals surface area contributed by atoms with Gasteiger partial charge in [-0.15, -0.1) is 0 Å². The Kier molecular flexibility index (Phi) is 9.58. The Bertz CT molecular complexity index is 1630. The van der Waals surface area contributed by atoms with Gasteiger partial charge in [0, 0.05) is 40.4 Å². The molecule has 44 heavy (non-hydrogen) atoms. The van der Waals surface area contributed by atoms with Crippen molar-refractivity contribution in [2.45, 2.75) is 68.9 Å². The van der Waals surface area contributed by atoms with E-state index >= 15 is 0 Å². The Labute approximate surface area is 259 Å². The first-order valence-corrected chi connectivity index (χ1v) is 17.6. The summed E-state index contributed by atoms with van der Waals surface area (Å²) < 4.78 is 77.4. The van der Waals surface area contributed by atoms with Gasteiger partial charge in [-0.1, -0.05) is 31.2 Å². The highest BCUT2D eigenvalue weighted by atomic mass is 32.2. The van der Waals surface area contributed by atoms with E-state index in [1.165, 1.54) is 17.2 Å². The molecule has 3 aromatic rings. The first kappa shape index (κ1) is 32.2. The van der Waals surface area contributed by atoms with Crippen molar-refractivity contribution < 1.29 is 35.5 Å². The van der Waals surface area contributed by atoms with E-state index in [1.807, 2.05) is 17.0 Å². The molecule has 3 aromatic carbocycles. The summed E-state index contributed by atoms with van der Waals surface area (Å²) in [6.45, 7) is 4.59. The maximum atomic E-state index is 14.2. The average Bonchev–Trinajstić information content (AvgIpc) is 3.34. The zero-order valence-electron chi connectivity index (χ0n) is 24.8. The molecule has 3 atom stereocenters. The van der Waals surface area contributed by atoms with Gasteiger partial charge >= 0.3 is 0 Å². The number of ether oxygens (including phenoxy) is 1. The van der Waals surface area contributed by atoms with Gasteiger partial charge in [-0.05, 0) is 97.1 Å². The number of fused-ring (bicyclic) bond motifs is 3. The molecular formula is C33H36F2NO6S2-. The van der Waals surface area contributed by atoms with Crippen molar-refractivity contribution >= 4 is 26.8 Å². The number of likely N-dealkylation sites (tertiary alicyclic amines) is 1. The highest BCUT2D eigenvalue weighted by molar-refractivity contribution is 7.91. The van der Waals surface area contributed by atoms with Crippen LogP contribution in [0.25, 0.3) is 0 Å². The summed E-state index contributed by atoms with van der Waals surface area (Å²) in [4.78, 5) is 15.7. The standard InChI is InChI=1S/C27H31F2NO4S.C6H6O2S/c1-17-13-20(28)15-24(29)22(17)16-34-21-4-5-23-19(14-21)3-6-25-27(23,2)9-10-30(25)26(31)18-7-11-35(32,33)12-8-18;7-9(8)6-4-2-1-3-5-6/h4-5,13-15,18,25H,3,6-12,16H2,1-2H3;1-5H,(H,7,8)/p-1/t25-,27+;/m1./s1. The van der Waals surface area contributed by atoms with E-state index in [2.05, 4.69) is 13.0 Å². The molecule has 6 rings (SSSR count). The maximum absolute atomic E-state index is 14.2. The predicted octanol–water partition coefficient (Wildman–Crippen LogP) is 5.41. The number of halogens is 2. The smallest absolute Gasteiger partial charge is 0.226 e. The van der Waals surface area contributed by atoms with Crippen molar-refractivity contribution in [3.8, 4) is 5.75 Å². The van der Waals surface area contributed by atoms with Crippen LogP contribution in [-0.2, 0) is 44.2 Å². The van der Waals surface area contributed by atoms with Crippen LogP contribution in [0.1, 0.15) is 54.9 Å². The quantitative estimate of drug-likeness (QED) is 0.345. The largest absolute Gasteiger partial charge is 0.768 e. The van der Waals surface area contributed by atoms with Gasteiger partial charge in [-0.3, -0.25) is 9.00 Å². The van der Waals surface area contributed by atoms with Gasteiger partial charge < -0.3 is 14.2 Å². The number of aryl methyl sites for hydroxylation is 2. The molecule has 2 aliphatic heterocycles. The minimum atomic E-state index is -3.00. The van der Waals surface area contributed by atoms with E-state index in [9.17, 15) is 30.8 Å². The second kappa shape index (κ2) is 13.1. The third-order valence-electron chi connectivity index (χ3n) is 9.25. The molecule has 0 aromatic heterocycles. The minimum Gasteiger partial charge on any atom is -0.768 e. The summed E-state index contributed by atoms with van der Waals surface area (Å²) >= 11 is -2.08. The molecule has 11 heteroatoms. The van der Waals surface area contributed by atoms with Gasteiger partial charge in [0.15, 0.2) is 0 Å². The molecular weight excluding hydrogens is 608 g/mol. The van der Waals surface area contributed by atoms with Gasteiger partial charge in [-0.25, -0.2) is 17.2 Å². The molecule has 1 amide bonds. The topological polar surface area (TPSA) is 104 Å². The van der Waals surface area contributed by atoms with Crippen molar-refractivity contribution in [3.05, 3.63) is 94.6 Å². The molecule has 0 spiro atoms. The maximum Gasteiger partial charge on any atom is 0.226 e. The number of carbonyl (C=O) groups is 1. The summed E-state index contributed by atoms with van der Waals surface area (Å²) in [6.07, 6.45) is 3.36. The molecule has 1 aliphatic carbocycles. The number of benzene rings is 3. The summed E-state index contributed by atoms with van der Waals surface area (Å²) in [6, 6.07) is 16.5. The molecule has 0 saturated carbocycles. The Morgan fingerprint density at radius 1 is 1.07 bits per heavy atom. The average molecular weight is 645 g/mol. The number of rotatable bonds is 5. The van der Waals surface area contributed by atoms with Crippen molar-refractivity contribution in [3.63, 3.8) is 0 Å². The second-order valence-corrected chi connectivity index (χ2v) is 15.3. The predicted molar refractivity (Wildman–Crippen MR) is 163 cm³/mol. The number of nitrogens with zero attached hydrogens (tertiary/aromatic N) is 1. The number of carbonyl (C=O) groups excluding carboxylic acids is 1. The normalized spacial score (nSPS) is 23.1. The molecule has 3 aliphatic rings. The third kappa shape index (κ3) is 6.89. The van der Waals surface area contributed by atoms with Crippen LogP contribution in [-0.4, -0.2) is 52.1 Å². The lowest BCUT2D eigenvalue weighted by molar-refractivity contribution is -0.137. The van der Waals surface area contributed by atoms with E-state index in [0.29, 0.717) is 41.2 Å². The summed E-state index contributed by atoms with van der Waals surface area (Å²) in [7, 11) is -3.00. The zero-order valence-corrected chi connectivity index (χ0v) is 26.4. The lowest BCUT2D eigenvalue weighted by Gasteiger charge is -2.42. The second-order valence-electron chi connectivity index (χ2n) is 12.0. The van der Waals surface area contributed by atoms with Crippen LogP contribution in [0.3, 0.4) is 0 Å². The molecule has 0 radical (unpaired) electrons. The van der Waals surface area contributed by atoms with Crippen LogP contribution in [0.5, 0.6) is 5.75 Å². The van der Waals surface area contributed by atoms with Gasteiger partial charge in [0.2, 0.25) is 5.91 Å². The van der Waals surface area contributed by atoms with Gasteiger partial charge in [0.25, 0.3) is 0 Å². The van der Waals surface area contributed by atoms with Crippen molar-refractivity contribution in [2.75, 3.05) is 18.1 Å². The van der Waals surface area contributed by atoms with Gasteiger partial charge in [-0.2, -0.15) is 0 Å². The highest BCUT2D eigenvalue weighted by Crippen LogP contribution is 2.48. The van der Waals surface area contributed by atoms with Crippen molar-refractivity contribution in [2.24, 2.45) is 5.92 Å². The van der Waals surface area contributed by atoms with E-state index in [0.717, 1.165) is 25.3 Å². The third-order valence-corrected chi connectivity index (χ3v) is 11.6. The van der Waals surface area contributed by atoms with Crippen LogP contribution in [0, 0.1) is 24.5 Å². The number of hydrogen-bond donors (Lipinski definition) is 0. The fourth-order valence-electron chi connectivity index (χ4n) is 6.76. The fourth-order valence-corrected chi connectivity index (χ4v) is 8.63. The monoisotopic (exact) mass is 644 g/mol. The first-order chi connectivity index (χ1) is 20.9. The first-order valence-electron chi connectivity index (χ1n) is 14.7. The van der Waals surface area contributed by atoms with Crippen LogP contribution >= 0.6 is 0 Å². The van der Waals surface area contributed by atoms with Crippen molar-refractivity contribution in [1.82, 2.24) is 4.90 Å². The lowest BCUT2D eigenvalue weighted by atomic mass is 9.68.